The van der Waals surface area contributed by atoms with Crippen LogP contribution in [0.3, 0.4) is 0 Å². The number of alkyl halides is 3. The average molecular weight is 512 g/mol. The largest absolute Gasteiger partial charge is 0.416 e. The van der Waals surface area contributed by atoms with Crippen LogP contribution < -0.4 is 4.90 Å². The van der Waals surface area contributed by atoms with Crippen molar-refractivity contribution < 1.29 is 18.0 Å². The van der Waals surface area contributed by atoms with Crippen molar-refractivity contribution >= 4 is 23.2 Å². The van der Waals surface area contributed by atoms with Gasteiger partial charge in [0, 0.05) is 37.8 Å². The number of likely N-dealkylation sites (tertiary alicyclic amines) is 1. The van der Waals surface area contributed by atoms with E-state index in [1.807, 2.05) is 41.3 Å². The molecule has 1 heterocycles. The number of nitriles is 1. The molecule has 0 radical (unpaired) electrons. The molecule has 1 atom stereocenters. The molecule has 0 unspecified atom stereocenters. The van der Waals surface area contributed by atoms with Crippen LogP contribution in [0.2, 0.25) is 5.02 Å². The molecule has 1 amide bonds. The number of carbonyl (C=O) groups excluding carboxylic acids is 1. The molecule has 0 saturated carbocycles. The molecule has 3 aromatic carbocycles. The topological polar surface area (TPSA) is 47.3 Å². The highest BCUT2D eigenvalue weighted by molar-refractivity contribution is 6.32. The van der Waals surface area contributed by atoms with E-state index in [4.69, 9.17) is 11.6 Å². The molecular formula is C28H25ClF3N3O. The van der Waals surface area contributed by atoms with E-state index < -0.39 is 11.7 Å². The Bertz CT molecular complexity index is 1260. The van der Waals surface area contributed by atoms with Crippen LogP contribution in [0.25, 0.3) is 0 Å². The molecular weight excluding hydrogens is 487 g/mol. The van der Waals surface area contributed by atoms with Gasteiger partial charge >= 0.3 is 6.18 Å². The molecule has 4 rings (SSSR count). The zero-order chi connectivity index (χ0) is 25.7. The number of amides is 1. The van der Waals surface area contributed by atoms with Gasteiger partial charge < -0.3 is 9.80 Å². The van der Waals surface area contributed by atoms with E-state index in [9.17, 15) is 23.2 Å². The van der Waals surface area contributed by atoms with Crippen molar-refractivity contribution in [2.75, 3.05) is 18.0 Å². The van der Waals surface area contributed by atoms with E-state index in [1.54, 1.807) is 29.2 Å². The molecule has 0 bridgehead atoms. The van der Waals surface area contributed by atoms with Gasteiger partial charge in [-0.15, -0.1) is 0 Å². The number of halogens is 4. The molecule has 1 aliphatic heterocycles. The second-order valence-corrected chi connectivity index (χ2v) is 9.23. The summed E-state index contributed by atoms with van der Waals surface area (Å²) >= 11 is 6.27. The Morgan fingerprint density at radius 1 is 1.08 bits per heavy atom. The van der Waals surface area contributed by atoms with Crippen LogP contribution in [0, 0.1) is 11.3 Å². The van der Waals surface area contributed by atoms with Gasteiger partial charge in [0.25, 0.3) is 0 Å². The first-order chi connectivity index (χ1) is 17.3. The highest BCUT2D eigenvalue weighted by Gasteiger charge is 2.35. The predicted octanol–water partition coefficient (Wildman–Crippen LogP) is 6.47. The van der Waals surface area contributed by atoms with Gasteiger partial charge in [-0.2, -0.15) is 18.4 Å². The molecule has 1 aliphatic rings. The van der Waals surface area contributed by atoms with E-state index in [2.05, 4.69) is 0 Å². The number of aryl methyl sites for hydroxylation is 1. The fraction of sp³-hybridized carbons (Fsp3) is 0.286. The standard InChI is InChI=1S/C28H25ClF3N3O/c29-26-16-23(12-11-21(26)17-33)35(18-22-8-4-5-9-25(22)28(30,31)32)24-14-15-34(19-24)27(36)13-10-20-6-2-1-3-7-20/h1-9,11-12,16,24H,10,13-15,18-19H2/t24-/m0/s1. The molecule has 0 aromatic heterocycles. The number of nitrogens with zero attached hydrogens (tertiary/aromatic N) is 3. The molecule has 0 spiro atoms. The van der Waals surface area contributed by atoms with Gasteiger partial charge in [-0.1, -0.05) is 60.1 Å². The molecule has 4 nitrogen and oxygen atoms in total. The number of benzene rings is 3. The minimum atomic E-state index is -4.49. The van der Waals surface area contributed by atoms with Gasteiger partial charge in [0.05, 0.1) is 16.1 Å². The number of hydrogen-bond donors (Lipinski definition) is 0. The van der Waals surface area contributed by atoms with Crippen molar-refractivity contribution in [3.8, 4) is 6.07 Å². The van der Waals surface area contributed by atoms with Crippen LogP contribution in [-0.4, -0.2) is 29.9 Å². The first-order valence-electron chi connectivity index (χ1n) is 11.7. The zero-order valence-electron chi connectivity index (χ0n) is 19.5. The van der Waals surface area contributed by atoms with Crippen LogP contribution >= 0.6 is 11.6 Å². The third-order valence-electron chi connectivity index (χ3n) is 6.50. The number of anilines is 1. The predicted molar refractivity (Wildman–Crippen MR) is 134 cm³/mol. The summed E-state index contributed by atoms with van der Waals surface area (Å²) in [5.74, 6) is 0.0230. The van der Waals surface area contributed by atoms with Crippen LogP contribution in [-0.2, 0) is 23.9 Å². The normalized spacial score (nSPS) is 15.5. The minimum absolute atomic E-state index is 0.00533. The van der Waals surface area contributed by atoms with Gasteiger partial charge in [0.1, 0.15) is 6.07 Å². The summed E-state index contributed by atoms with van der Waals surface area (Å²) in [4.78, 5) is 16.5. The quantitative estimate of drug-likeness (QED) is 0.365. The van der Waals surface area contributed by atoms with Gasteiger partial charge in [0.15, 0.2) is 0 Å². The van der Waals surface area contributed by atoms with Crippen LogP contribution in [0.5, 0.6) is 0 Å². The summed E-state index contributed by atoms with van der Waals surface area (Å²) in [7, 11) is 0. The van der Waals surface area contributed by atoms with Gasteiger partial charge in [0.2, 0.25) is 5.91 Å². The Labute approximate surface area is 213 Å². The summed E-state index contributed by atoms with van der Waals surface area (Å²) in [5, 5.41) is 9.47. The first kappa shape index (κ1) is 25.6. The third-order valence-corrected chi connectivity index (χ3v) is 6.81. The summed E-state index contributed by atoms with van der Waals surface area (Å²) in [6.45, 7) is 0.924. The monoisotopic (exact) mass is 511 g/mol. The molecule has 1 saturated heterocycles. The highest BCUT2D eigenvalue weighted by atomic mass is 35.5. The van der Waals surface area contributed by atoms with Crippen molar-refractivity contribution in [1.82, 2.24) is 4.90 Å². The van der Waals surface area contributed by atoms with Gasteiger partial charge in [-0.25, -0.2) is 0 Å². The molecule has 0 aliphatic carbocycles. The van der Waals surface area contributed by atoms with E-state index in [0.717, 1.165) is 11.6 Å². The fourth-order valence-electron chi connectivity index (χ4n) is 4.60. The molecule has 3 aromatic rings. The molecule has 186 valence electrons. The number of hydrogen-bond acceptors (Lipinski definition) is 3. The van der Waals surface area contributed by atoms with E-state index in [0.29, 0.717) is 43.6 Å². The van der Waals surface area contributed by atoms with E-state index >= 15 is 0 Å². The molecule has 36 heavy (non-hydrogen) atoms. The zero-order valence-corrected chi connectivity index (χ0v) is 20.3. The number of rotatable bonds is 7. The van der Waals surface area contributed by atoms with Gasteiger partial charge in [-0.05, 0) is 48.2 Å². The second-order valence-electron chi connectivity index (χ2n) is 8.83. The first-order valence-corrected chi connectivity index (χ1v) is 12.1. The fourth-order valence-corrected chi connectivity index (χ4v) is 4.82. The van der Waals surface area contributed by atoms with Crippen LogP contribution in [0.1, 0.15) is 35.1 Å². The van der Waals surface area contributed by atoms with Crippen molar-refractivity contribution in [3.63, 3.8) is 0 Å². The highest BCUT2D eigenvalue weighted by Crippen LogP contribution is 2.35. The average Bonchev–Trinajstić information content (AvgIpc) is 3.36. The lowest BCUT2D eigenvalue weighted by Crippen LogP contribution is -2.39. The van der Waals surface area contributed by atoms with Crippen molar-refractivity contribution in [2.45, 2.75) is 38.0 Å². The van der Waals surface area contributed by atoms with Crippen LogP contribution in [0.4, 0.5) is 18.9 Å². The van der Waals surface area contributed by atoms with Crippen molar-refractivity contribution in [2.24, 2.45) is 0 Å². The van der Waals surface area contributed by atoms with E-state index in [1.165, 1.54) is 12.1 Å². The Hall–Kier alpha value is -3.50. The number of carbonyl (C=O) groups is 1. The smallest absolute Gasteiger partial charge is 0.362 e. The maximum absolute atomic E-state index is 13.7. The Morgan fingerprint density at radius 3 is 2.50 bits per heavy atom. The SMILES string of the molecule is N#Cc1ccc(N(Cc2ccccc2C(F)(F)F)[C@H]2CCN(C(=O)CCc3ccccc3)C2)cc1Cl. The van der Waals surface area contributed by atoms with E-state index in [-0.39, 0.29) is 29.1 Å². The minimum Gasteiger partial charge on any atom is -0.362 e. The Balaban J connectivity index is 1.56. The lowest BCUT2D eigenvalue weighted by atomic mass is 10.0. The van der Waals surface area contributed by atoms with Gasteiger partial charge in [-0.3, -0.25) is 4.79 Å². The summed E-state index contributed by atoms with van der Waals surface area (Å²) in [6, 6.07) is 21.9. The second kappa shape index (κ2) is 11.0. The molecule has 0 N–H and O–H groups in total. The summed E-state index contributed by atoms with van der Waals surface area (Å²) in [5.41, 5.74) is 1.43. The maximum atomic E-state index is 13.7. The maximum Gasteiger partial charge on any atom is 0.416 e. The summed E-state index contributed by atoms with van der Waals surface area (Å²) < 4.78 is 41.1. The molecule has 8 heteroatoms. The van der Waals surface area contributed by atoms with Crippen LogP contribution in [0.15, 0.2) is 72.8 Å². The Morgan fingerprint density at radius 2 is 1.81 bits per heavy atom. The lowest BCUT2D eigenvalue weighted by Gasteiger charge is -2.32. The third kappa shape index (κ3) is 6.00. The van der Waals surface area contributed by atoms with Crippen molar-refractivity contribution in [3.05, 3.63) is 100 Å². The summed E-state index contributed by atoms with van der Waals surface area (Å²) in [6.07, 6.45) is -2.87. The Kier molecular flexibility index (Phi) is 7.85. The molecule has 1 fully saturated rings. The lowest BCUT2D eigenvalue weighted by molar-refractivity contribution is -0.138. The van der Waals surface area contributed by atoms with Crippen molar-refractivity contribution in [1.29, 1.82) is 5.26 Å².